The third-order valence-corrected chi connectivity index (χ3v) is 2.84. The van der Waals surface area contributed by atoms with Gasteiger partial charge in [0.05, 0.1) is 30.6 Å². The molecule has 0 saturated carbocycles. The summed E-state index contributed by atoms with van der Waals surface area (Å²) in [5, 5.41) is 12.4. The van der Waals surface area contributed by atoms with E-state index in [0.29, 0.717) is 18.7 Å². The summed E-state index contributed by atoms with van der Waals surface area (Å²) < 4.78 is 5.06. The molecule has 2 N–H and O–H groups in total. The van der Waals surface area contributed by atoms with E-state index in [0.717, 1.165) is 17.8 Å². The summed E-state index contributed by atoms with van der Waals surface area (Å²) in [4.78, 5) is 15.7. The molecule has 0 aliphatic carbocycles. The van der Waals surface area contributed by atoms with E-state index >= 15 is 0 Å². The standard InChI is InChI=1S/C16H18N2O3/c1-2-9-21-16(20)12-3-5-13(6-4-12)17-10-14-7-8-15(19)11-18-14/h3-8,11,17,19H,2,9-10H2,1H3. The Morgan fingerprint density at radius 1 is 1.24 bits per heavy atom. The van der Waals surface area contributed by atoms with E-state index in [9.17, 15) is 4.79 Å². The smallest absolute Gasteiger partial charge is 0.338 e. The molecule has 1 heterocycles. The largest absolute Gasteiger partial charge is 0.506 e. The molecule has 0 unspecified atom stereocenters. The number of pyridine rings is 1. The number of anilines is 1. The minimum atomic E-state index is -0.302. The first-order chi connectivity index (χ1) is 10.2. The summed E-state index contributed by atoms with van der Waals surface area (Å²) in [6.45, 7) is 2.93. The molecule has 0 fully saturated rings. The maximum atomic E-state index is 11.6. The van der Waals surface area contributed by atoms with Crippen LogP contribution < -0.4 is 5.32 Å². The predicted molar refractivity (Wildman–Crippen MR) is 80.2 cm³/mol. The van der Waals surface area contributed by atoms with Crippen molar-refractivity contribution in [3.05, 3.63) is 53.9 Å². The van der Waals surface area contributed by atoms with Crippen LogP contribution in [-0.4, -0.2) is 22.7 Å². The lowest BCUT2D eigenvalue weighted by molar-refractivity contribution is 0.0505. The fourth-order valence-electron chi connectivity index (χ4n) is 1.72. The Hall–Kier alpha value is -2.56. The van der Waals surface area contributed by atoms with Crippen LogP contribution in [-0.2, 0) is 11.3 Å². The average molecular weight is 286 g/mol. The Kier molecular flexibility index (Phi) is 5.15. The van der Waals surface area contributed by atoms with E-state index in [1.165, 1.54) is 6.20 Å². The Morgan fingerprint density at radius 2 is 2.00 bits per heavy atom. The van der Waals surface area contributed by atoms with E-state index in [-0.39, 0.29) is 11.7 Å². The van der Waals surface area contributed by atoms with Crippen LogP contribution in [0, 0.1) is 0 Å². The zero-order valence-electron chi connectivity index (χ0n) is 11.9. The molecule has 21 heavy (non-hydrogen) atoms. The number of ether oxygens (including phenoxy) is 1. The van der Waals surface area contributed by atoms with Gasteiger partial charge in [-0.3, -0.25) is 4.98 Å². The molecule has 0 atom stereocenters. The summed E-state index contributed by atoms with van der Waals surface area (Å²) in [6.07, 6.45) is 2.22. The van der Waals surface area contributed by atoms with Crippen LogP contribution in [0.25, 0.3) is 0 Å². The van der Waals surface area contributed by atoms with Gasteiger partial charge in [0.15, 0.2) is 0 Å². The number of esters is 1. The topological polar surface area (TPSA) is 71.5 Å². The summed E-state index contributed by atoms with van der Waals surface area (Å²) in [7, 11) is 0. The summed E-state index contributed by atoms with van der Waals surface area (Å²) in [5.41, 5.74) is 2.24. The quantitative estimate of drug-likeness (QED) is 0.799. The van der Waals surface area contributed by atoms with Crippen LogP contribution in [0.15, 0.2) is 42.6 Å². The maximum absolute atomic E-state index is 11.6. The second-order valence-corrected chi connectivity index (χ2v) is 4.57. The maximum Gasteiger partial charge on any atom is 0.338 e. The van der Waals surface area contributed by atoms with Gasteiger partial charge >= 0.3 is 5.97 Å². The van der Waals surface area contributed by atoms with Crippen molar-refractivity contribution in [1.82, 2.24) is 4.98 Å². The van der Waals surface area contributed by atoms with Gasteiger partial charge in [0.2, 0.25) is 0 Å². The van der Waals surface area contributed by atoms with Crippen molar-refractivity contribution in [3.8, 4) is 5.75 Å². The van der Waals surface area contributed by atoms with Gasteiger partial charge in [0.1, 0.15) is 5.75 Å². The zero-order chi connectivity index (χ0) is 15.1. The average Bonchev–Trinajstić information content (AvgIpc) is 2.52. The van der Waals surface area contributed by atoms with Crippen molar-refractivity contribution in [2.45, 2.75) is 19.9 Å². The van der Waals surface area contributed by atoms with Gasteiger partial charge in [-0.2, -0.15) is 0 Å². The third-order valence-electron chi connectivity index (χ3n) is 2.84. The lowest BCUT2D eigenvalue weighted by atomic mass is 10.2. The van der Waals surface area contributed by atoms with Gasteiger partial charge in [0.25, 0.3) is 0 Å². The molecule has 1 aromatic carbocycles. The number of carbonyl (C=O) groups is 1. The molecular formula is C16H18N2O3. The molecule has 0 saturated heterocycles. The van der Waals surface area contributed by atoms with Gasteiger partial charge in [-0.15, -0.1) is 0 Å². The highest BCUT2D eigenvalue weighted by atomic mass is 16.5. The van der Waals surface area contributed by atoms with Crippen molar-refractivity contribution in [2.24, 2.45) is 0 Å². The van der Waals surface area contributed by atoms with Crippen LogP contribution in [0.3, 0.4) is 0 Å². The molecular weight excluding hydrogens is 268 g/mol. The number of hydrogen-bond donors (Lipinski definition) is 2. The minimum absolute atomic E-state index is 0.147. The summed E-state index contributed by atoms with van der Waals surface area (Å²) >= 11 is 0. The first-order valence-electron chi connectivity index (χ1n) is 6.84. The first-order valence-corrected chi connectivity index (χ1v) is 6.84. The molecule has 0 radical (unpaired) electrons. The fraction of sp³-hybridized carbons (Fsp3) is 0.250. The van der Waals surface area contributed by atoms with Crippen molar-refractivity contribution < 1.29 is 14.6 Å². The van der Waals surface area contributed by atoms with Crippen molar-refractivity contribution in [1.29, 1.82) is 0 Å². The van der Waals surface area contributed by atoms with Gasteiger partial charge in [0, 0.05) is 5.69 Å². The molecule has 0 amide bonds. The van der Waals surface area contributed by atoms with Crippen molar-refractivity contribution >= 4 is 11.7 Å². The van der Waals surface area contributed by atoms with Crippen LogP contribution in [0.1, 0.15) is 29.4 Å². The van der Waals surface area contributed by atoms with E-state index in [1.54, 1.807) is 24.3 Å². The summed E-state index contributed by atoms with van der Waals surface area (Å²) in [5.74, 6) is -0.155. The van der Waals surface area contributed by atoms with Crippen LogP contribution in [0.4, 0.5) is 5.69 Å². The predicted octanol–water partition coefficient (Wildman–Crippen LogP) is 2.97. The van der Waals surface area contributed by atoms with Crippen molar-refractivity contribution in [3.63, 3.8) is 0 Å². The molecule has 0 aliphatic heterocycles. The number of nitrogens with one attached hydrogen (secondary N) is 1. The second kappa shape index (κ2) is 7.28. The number of carbonyl (C=O) groups excluding carboxylic acids is 1. The summed E-state index contributed by atoms with van der Waals surface area (Å²) in [6, 6.07) is 10.4. The Morgan fingerprint density at radius 3 is 2.62 bits per heavy atom. The van der Waals surface area contributed by atoms with Gasteiger partial charge in [-0.1, -0.05) is 6.92 Å². The molecule has 0 bridgehead atoms. The number of aromatic nitrogens is 1. The molecule has 0 aliphatic rings. The highest BCUT2D eigenvalue weighted by Gasteiger charge is 2.06. The first kappa shape index (κ1) is 14.8. The van der Waals surface area contributed by atoms with Crippen LogP contribution >= 0.6 is 0 Å². The number of hydrogen-bond acceptors (Lipinski definition) is 5. The number of benzene rings is 1. The normalized spacial score (nSPS) is 10.1. The Balaban J connectivity index is 1.90. The van der Waals surface area contributed by atoms with Gasteiger partial charge in [-0.05, 0) is 42.8 Å². The molecule has 2 rings (SSSR count). The van der Waals surface area contributed by atoms with E-state index < -0.39 is 0 Å². The highest BCUT2D eigenvalue weighted by molar-refractivity contribution is 5.89. The molecule has 0 spiro atoms. The van der Waals surface area contributed by atoms with E-state index in [2.05, 4.69) is 10.3 Å². The number of nitrogens with zero attached hydrogens (tertiary/aromatic N) is 1. The Labute approximate surface area is 123 Å². The Bertz CT molecular complexity index is 579. The zero-order valence-corrected chi connectivity index (χ0v) is 11.9. The minimum Gasteiger partial charge on any atom is -0.506 e. The van der Waals surface area contributed by atoms with Gasteiger partial charge < -0.3 is 15.2 Å². The van der Waals surface area contributed by atoms with E-state index in [4.69, 9.17) is 9.84 Å². The molecule has 2 aromatic rings. The highest BCUT2D eigenvalue weighted by Crippen LogP contribution is 2.12. The molecule has 110 valence electrons. The third kappa shape index (κ3) is 4.49. The van der Waals surface area contributed by atoms with Crippen LogP contribution in [0.5, 0.6) is 5.75 Å². The fourth-order valence-corrected chi connectivity index (χ4v) is 1.72. The SMILES string of the molecule is CCCOC(=O)c1ccc(NCc2ccc(O)cn2)cc1. The lowest BCUT2D eigenvalue weighted by Crippen LogP contribution is -2.06. The van der Waals surface area contributed by atoms with Gasteiger partial charge in [-0.25, -0.2) is 4.79 Å². The van der Waals surface area contributed by atoms with Crippen molar-refractivity contribution in [2.75, 3.05) is 11.9 Å². The van der Waals surface area contributed by atoms with Crippen LogP contribution in [0.2, 0.25) is 0 Å². The number of rotatable bonds is 6. The molecule has 1 aromatic heterocycles. The second-order valence-electron chi connectivity index (χ2n) is 4.57. The number of aromatic hydroxyl groups is 1. The molecule has 5 nitrogen and oxygen atoms in total. The monoisotopic (exact) mass is 286 g/mol. The van der Waals surface area contributed by atoms with E-state index in [1.807, 2.05) is 19.1 Å². The molecule has 5 heteroatoms. The lowest BCUT2D eigenvalue weighted by Gasteiger charge is -2.07.